The SMILES string of the molecule is O=C(O)COCCN1CCC(=Cc2ccccc2-c2ccc(Cl)cc2)CC1. The summed E-state index contributed by atoms with van der Waals surface area (Å²) in [6.45, 7) is 2.98. The standard InChI is InChI=1S/C22H24ClNO3/c23-20-7-5-18(6-8-20)21-4-2-1-3-19(21)15-17-9-11-24(12-10-17)13-14-27-16-22(25)26/h1-8,15H,9-14,16H2,(H,25,26). The molecular formula is C22H24ClNO3. The largest absolute Gasteiger partial charge is 0.480 e. The highest BCUT2D eigenvalue weighted by molar-refractivity contribution is 6.30. The summed E-state index contributed by atoms with van der Waals surface area (Å²) in [5.74, 6) is -0.918. The first kappa shape index (κ1) is 19.6. The maximum Gasteiger partial charge on any atom is 0.329 e. The number of carbonyl (C=O) groups is 1. The van der Waals surface area contributed by atoms with Gasteiger partial charge in [0.2, 0.25) is 0 Å². The van der Waals surface area contributed by atoms with Crippen LogP contribution in [0.2, 0.25) is 5.02 Å². The summed E-state index contributed by atoms with van der Waals surface area (Å²) < 4.78 is 5.13. The molecule has 4 nitrogen and oxygen atoms in total. The van der Waals surface area contributed by atoms with Gasteiger partial charge in [-0.2, -0.15) is 0 Å². The molecule has 1 heterocycles. The zero-order valence-electron chi connectivity index (χ0n) is 15.2. The number of carboxylic acid groups (broad SMARTS) is 1. The Morgan fingerprint density at radius 2 is 1.81 bits per heavy atom. The Morgan fingerprint density at radius 3 is 2.52 bits per heavy atom. The molecule has 0 aliphatic carbocycles. The third kappa shape index (κ3) is 5.93. The number of piperidine rings is 1. The minimum absolute atomic E-state index is 0.222. The van der Waals surface area contributed by atoms with Crippen molar-refractivity contribution in [2.75, 3.05) is 32.8 Å². The van der Waals surface area contributed by atoms with Crippen molar-refractivity contribution in [2.45, 2.75) is 12.8 Å². The lowest BCUT2D eigenvalue weighted by molar-refractivity contribution is -0.142. The van der Waals surface area contributed by atoms with Crippen molar-refractivity contribution in [1.82, 2.24) is 4.90 Å². The third-order valence-corrected chi connectivity index (χ3v) is 5.00. The quantitative estimate of drug-likeness (QED) is 0.708. The average molecular weight is 386 g/mol. The summed E-state index contributed by atoms with van der Waals surface area (Å²) in [5, 5.41) is 9.34. The molecule has 27 heavy (non-hydrogen) atoms. The molecule has 5 heteroatoms. The number of hydrogen-bond donors (Lipinski definition) is 1. The molecule has 1 aliphatic heterocycles. The van der Waals surface area contributed by atoms with Crippen molar-refractivity contribution in [3.63, 3.8) is 0 Å². The molecule has 0 bridgehead atoms. The Labute approximate surface area is 165 Å². The van der Waals surface area contributed by atoms with Crippen molar-refractivity contribution < 1.29 is 14.6 Å². The number of benzene rings is 2. The van der Waals surface area contributed by atoms with Crippen LogP contribution in [0.1, 0.15) is 18.4 Å². The normalized spacial score (nSPS) is 14.9. The number of aliphatic carboxylic acids is 1. The van der Waals surface area contributed by atoms with Crippen molar-refractivity contribution in [3.05, 3.63) is 64.7 Å². The maximum absolute atomic E-state index is 10.5. The number of hydrogen-bond acceptors (Lipinski definition) is 3. The zero-order valence-corrected chi connectivity index (χ0v) is 16.0. The van der Waals surface area contributed by atoms with Gasteiger partial charge in [0.25, 0.3) is 0 Å². The monoisotopic (exact) mass is 385 g/mol. The zero-order chi connectivity index (χ0) is 19.1. The molecule has 3 rings (SSSR count). The first-order chi connectivity index (χ1) is 13.1. The van der Waals surface area contributed by atoms with Crippen LogP contribution < -0.4 is 0 Å². The maximum atomic E-state index is 10.5. The fourth-order valence-electron chi connectivity index (χ4n) is 3.30. The van der Waals surface area contributed by atoms with Gasteiger partial charge < -0.3 is 14.7 Å². The predicted octanol–water partition coefficient (Wildman–Crippen LogP) is 4.59. The van der Waals surface area contributed by atoms with Crippen molar-refractivity contribution in [2.24, 2.45) is 0 Å². The van der Waals surface area contributed by atoms with Crippen LogP contribution >= 0.6 is 11.6 Å². The first-order valence-corrected chi connectivity index (χ1v) is 9.56. The van der Waals surface area contributed by atoms with E-state index in [4.69, 9.17) is 21.4 Å². The van der Waals surface area contributed by atoms with Crippen LogP contribution in [0.4, 0.5) is 0 Å². The van der Waals surface area contributed by atoms with Gasteiger partial charge in [-0.3, -0.25) is 0 Å². The van der Waals surface area contributed by atoms with Gasteiger partial charge in [-0.1, -0.05) is 59.6 Å². The van der Waals surface area contributed by atoms with Crippen LogP contribution in [0, 0.1) is 0 Å². The Bertz CT molecular complexity index is 791. The molecule has 1 saturated heterocycles. The molecule has 0 radical (unpaired) electrons. The molecule has 0 amide bonds. The number of nitrogens with zero attached hydrogens (tertiary/aromatic N) is 1. The smallest absolute Gasteiger partial charge is 0.329 e. The summed E-state index contributed by atoms with van der Waals surface area (Å²) in [6.07, 6.45) is 4.35. The molecule has 0 atom stereocenters. The Kier molecular flexibility index (Phi) is 7.04. The van der Waals surface area contributed by atoms with E-state index in [1.54, 1.807) is 0 Å². The van der Waals surface area contributed by atoms with Gasteiger partial charge in [-0.05, 0) is 41.7 Å². The fourth-order valence-corrected chi connectivity index (χ4v) is 3.42. The van der Waals surface area contributed by atoms with Crippen LogP contribution in [0.5, 0.6) is 0 Å². The summed E-state index contributed by atoms with van der Waals surface area (Å²) in [4.78, 5) is 12.8. The molecule has 0 unspecified atom stereocenters. The molecule has 142 valence electrons. The van der Waals surface area contributed by atoms with Crippen LogP contribution in [0.15, 0.2) is 54.1 Å². The predicted molar refractivity (Wildman–Crippen MR) is 109 cm³/mol. The van der Waals surface area contributed by atoms with E-state index in [-0.39, 0.29) is 6.61 Å². The van der Waals surface area contributed by atoms with E-state index in [0.29, 0.717) is 6.61 Å². The van der Waals surface area contributed by atoms with Crippen molar-refractivity contribution >= 4 is 23.6 Å². The summed E-state index contributed by atoms with van der Waals surface area (Å²) >= 11 is 6.01. The van der Waals surface area contributed by atoms with E-state index in [2.05, 4.69) is 47.4 Å². The second-order valence-electron chi connectivity index (χ2n) is 6.68. The lowest BCUT2D eigenvalue weighted by Crippen LogP contribution is -2.33. The highest BCUT2D eigenvalue weighted by Gasteiger charge is 2.14. The van der Waals surface area contributed by atoms with Crippen molar-refractivity contribution in [3.8, 4) is 11.1 Å². The molecular weight excluding hydrogens is 362 g/mol. The number of rotatable bonds is 7. The summed E-state index contributed by atoms with van der Waals surface area (Å²) in [6, 6.07) is 16.4. The van der Waals surface area contributed by atoms with Gasteiger partial charge in [0.1, 0.15) is 6.61 Å². The number of likely N-dealkylation sites (tertiary alicyclic amines) is 1. The first-order valence-electron chi connectivity index (χ1n) is 9.18. The molecule has 1 N–H and O–H groups in total. The molecule has 1 fully saturated rings. The lowest BCUT2D eigenvalue weighted by atomic mass is 9.95. The van der Waals surface area contributed by atoms with Gasteiger partial charge in [0.05, 0.1) is 6.61 Å². The Balaban J connectivity index is 1.60. The van der Waals surface area contributed by atoms with Gasteiger partial charge in [0, 0.05) is 24.7 Å². The average Bonchev–Trinajstić information content (AvgIpc) is 2.68. The van der Waals surface area contributed by atoms with Gasteiger partial charge >= 0.3 is 5.97 Å². The highest BCUT2D eigenvalue weighted by Crippen LogP contribution is 2.28. The minimum atomic E-state index is -0.918. The van der Waals surface area contributed by atoms with Crippen LogP contribution in [-0.2, 0) is 9.53 Å². The topological polar surface area (TPSA) is 49.8 Å². The summed E-state index contributed by atoms with van der Waals surface area (Å²) in [7, 11) is 0. The number of ether oxygens (including phenoxy) is 1. The summed E-state index contributed by atoms with van der Waals surface area (Å²) in [5.41, 5.74) is 5.05. The highest BCUT2D eigenvalue weighted by atomic mass is 35.5. The van der Waals surface area contributed by atoms with Gasteiger partial charge in [-0.15, -0.1) is 0 Å². The number of halogens is 1. The van der Waals surface area contributed by atoms with E-state index in [1.807, 2.05) is 12.1 Å². The van der Waals surface area contributed by atoms with E-state index < -0.39 is 5.97 Å². The van der Waals surface area contributed by atoms with Gasteiger partial charge in [-0.25, -0.2) is 4.79 Å². The Hall–Kier alpha value is -2.14. The number of carboxylic acids is 1. The van der Waals surface area contributed by atoms with Crippen LogP contribution in [0.25, 0.3) is 17.2 Å². The molecule has 0 aromatic heterocycles. The third-order valence-electron chi connectivity index (χ3n) is 4.75. The lowest BCUT2D eigenvalue weighted by Gasteiger charge is -2.28. The Morgan fingerprint density at radius 1 is 1.11 bits per heavy atom. The second-order valence-corrected chi connectivity index (χ2v) is 7.12. The minimum Gasteiger partial charge on any atom is -0.480 e. The van der Waals surface area contributed by atoms with E-state index in [0.717, 1.165) is 37.5 Å². The van der Waals surface area contributed by atoms with E-state index >= 15 is 0 Å². The van der Waals surface area contributed by atoms with Crippen LogP contribution in [-0.4, -0.2) is 48.8 Å². The van der Waals surface area contributed by atoms with Gasteiger partial charge in [0.15, 0.2) is 0 Å². The molecule has 1 aliphatic rings. The second kappa shape index (κ2) is 9.70. The van der Waals surface area contributed by atoms with E-state index in [1.165, 1.54) is 22.3 Å². The van der Waals surface area contributed by atoms with Crippen LogP contribution in [0.3, 0.4) is 0 Å². The molecule has 0 spiro atoms. The van der Waals surface area contributed by atoms with Crippen molar-refractivity contribution in [1.29, 1.82) is 0 Å². The molecule has 0 saturated carbocycles. The molecule has 2 aromatic rings. The van der Waals surface area contributed by atoms with E-state index in [9.17, 15) is 4.79 Å². The molecule has 2 aromatic carbocycles. The fraction of sp³-hybridized carbons (Fsp3) is 0.318.